The molecular weight excluding hydrogens is 513 g/mol. The molecular formula is C27H27Cl2N5O3. The number of rotatable bonds is 4. The van der Waals surface area contributed by atoms with Crippen molar-refractivity contribution in [2.45, 2.75) is 52.4 Å². The van der Waals surface area contributed by atoms with E-state index in [2.05, 4.69) is 5.32 Å². The van der Waals surface area contributed by atoms with E-state index in [0.29, 0.717) is 46.5 Å². The third kappa shape index (κ3) is 4.71. The minimum absolute atomic E-state index is 0.0898. The topological polar surface area (TPSA) is 87.5 Å². The van der Waals surface area contributed by atoms with Crippen LogP contribution < -0.4 is 5.32 Å². The van der Waals surface area contributed by atoms with Gasteiger partial charge in [0.2, 0.25) is 5.91 Å². The van der Waals surface area contributed by atoms with E-state index in [4.69, 9.17) is 28.3 Å². The molecule has 0 unspecified atom stereocenters. The van der Waals surface area contributed by atoms with Gasteiger partial charge < -0.3 is 15.1 Å². The average molecular weight is 540 g/mol. The van der Waals surface area contributed by atoms with Gasteiger partial charge in [-0.25, -0.2) is 0 Å². The number of hydrogen-bond donors (Lipinski definition) is 1. The molecule has 2 atom stereocenters. The summed E-state index contributed by atoms with van der Waals surface area (Å²) in [5, 5.41) is 8.25. The maximum absolute atomic E-state index is 13.8. The zero-order valence-corrected chi connectivity index (χ0v) is 22.3. The largest absolute Gasteiger partial charge is 0.331 e. The predicted molar refractivity (Wildman–Crippen MR) is 142 cm³/mol. The number of carbonyl (C=O) groups excluding carboxylic acids is 3. The van der Waals surface area contributed by atoms with Crippen LogP contribution in [0.4, 0.5) is 5.69 Å². The second-order valence-electron chi connectivity index (χ2n) is 9.59. The van der Waals surface area contributed by atoms with E-state index in [1.54, 1.807) is 27.8 Å². The van der Waals surface area contributed by atoms with Crippen LogP contribution in [0.1, 0.15) is 64.5 Å². The fraction of sp³-hybridized carbons (Fsp3) is 0.333. The fourth-order valence-corrected chi connectivity index (χ4v) is 5.43. The third-order valence-electron chi connectivity index (χ3n) is 7.08. The van der Waals surface area contributed by atoms with Crippen molar-refractivity contribution >= 4 is 46.6 Å². The van der Waals surface area contributed by atoms with E-state index < -0.39 is 0 Å². The Labute approximate surface area is 225 Å². The Hall–Kier alpha value is -3.36. The number of benzene rings is 2. The Morgan fingerprint density at radius 2 is 1.89 bits per heavy atom. The lowest BCUT2D eigenvalue weighted by atomic mass is 9.97. The molecule has 0 saturated carbocycles. The van der Waals surface area contributed by atoms with Crippen LogP contribution in [0.15, 0.2) is 42.5 Å². The number of anilines is 1. The summed E-state index contributed by atoms with van der Waals surface area (Å²) in [5.41, 5.74) is 4.24. The molecule has 8 nitrogen and oxygen atoms in total. The number of nitrogens with zero attached hydrogens (tertiary/aromatic N) is 4. The van der Waals surface area contributed by atoms with Gasteiger partial charge in [-0.05, 0) is 49.7 Å². The number of aromatic nitrogens is 2. The lowest BCUT2D eigenvalue weighted by molar-refractivity contribution is -0.114. The SMILES string of the molecule is CC(=O)Nc1cccc([C@@H](C)N2CCn3nc4c(c3C2=O)CN(C(=O)c2ccc(Cl)c(Cl)c2)[C@H](C)C4)c1. The first-order chi connectivity index (χ1) is 17.6. The maximum Gasteiger partial charge on any atom is 0.273 e. The quantitative estimate of drug-likeness (QED) is 0.507. The molecule has 1 N–H and O–H groups in total. The molecule has 0 radical (unpaired) electrons. The van der Waals surface area contributed by atoms with Crippen molar-refractivity contribution in [3.05, 3.63) is 80.6 Å². The number of fused-ring (bicyclic) bond motifs is 3. The standard InChI is InChI=1S/C27H27Cl2N5O3/c1-15-11-24-21(14-33(15)26(36)19-7-8-22(28)23(29)13-19)25-27(37)32(9-10-34(25)31-24)16(2)18-5-4-6-20(12-18)30-17(3)35/h4-8,12-13,15-16H,9-11,14H2,1-3H3,(H,30,35)/t15-,16-/m1/s1. The zero-order valence-electron chi connectivity index (χ0n) is 20.8. The van der Waals surface area contributed by atoms with E-state index in [0.717, 1.165) is 16.8 Å². The fourth-order valence-electron chi connectivity index (χ4n) is 5.13. The van der Waals surface area contributed by atoms with Gasteiger partial charge in [-0.3, -0.25) is 19.1 Å². The zero-order chi connectivity index (χ0) is 26.4. The summed E-state index contributed by atoms with van der Waals surface area (Å²) in [6, 6.07) is 12.1. The number of halogens is 2. The highest BCUT2D eigenvalue weighted by Crippen LogP contribution is 2.33. The number of amides is 3. The molecule has 0 bridgehead atoms. The first-order valence-electron chi connectivity index (χ1n) is 12.2. The van der Waals surface area contributed by atoms with Crippen molar-refractivity contribution in [3.63, 3.8) is 0 Å². The van der Waals surface area contributed by atoms with Gasteiger partial charge in [0.05, 0.1) is 34.9 Å². The molecule has 0 saturated heterocycles. The molecule has 5 rings (SSSR count). The molecule has 2 aliphatic rings. The minimum Gasteiger partial charge on any atom is -0.331 e. The van der Waals surface area contributed by atoms with Gasteiger partial charge in [0.1, 0.15) is 5.69 Å². The number of hydrogen-bond acceptors (Lipinski definition) is 4. The van der Waals surface area contributed by atoms with Crippen molar-refractivity contribution in [2.75, 3.05) is 11.9 Å². The van der Waals surface area contributed by atoms with E-state index >= 15 is 0 Å². The molecule has 1 aromatic heterocycles. The van der Waals surface area contributed by atoms with Crippen molar-refractivity contribution in [3.8, 4) is 0 Å². The van der Waals surface area contributed by atoms with Crippen LogP contribution in [0, 0.1) is 0 Å². The second-order valence-corrected chi connectivity index (χ2v) is 10.4. The van der Waals surface area contributed by atoms with E-state index in [1.807, 2.05) is 43.0 Å². The van der Waals surface area contributed by atoms with Crippen molar-refractivity contribution in [1.29, 1.82) is 0 Å². The molecule has 3 heterocycles. The summed E-state index contributed by atoms with van der Waals surface area (Å²) < 4.78 is 1.78. The van der Waals surface area contributed by atoms with Gasteiger partial charge in [0.15, 0.2) is 0 Å². The van der Waals surface area contributed by atoms with Crippen LogP contribution in [-0.2, 0) is 24.3 Å². The Morgan fingerprint density at radius 3 is 2.62 bits per heavy atom. The van der Waals surface area contributed by atoms with Crippen LogP contribution in [0.3, 0.4) is 0 Å². The summed E-state index contributed by atoms with van der Waals surface area (Å²) in [6.45, 7) is 6.79. The average Bonchev–Trinajstić information content (AvgIpc) is 3.22. The van der Waals surface area contributed by atoms with Crippen LogP contribution >= 0.6 is 23.2 Å². The van der Waals surface area contributed by atoms with Gasteiger partial charge in [-0.1, -0.05) is 35.3 Å². The van der Waals surface area contributed by atoms with Crippen LogP contribution in [0.5, 0.6) is 0 Å². The van der Waals surface area contributed by atoms with Crippen molar-refractivity contribution < 1.29 is 14.4 Å². The van der Waals surface area contributed by atoms with Gasteiger partial charge in [-0.15, -0.1) is 0 Å². The van der Waals surface area contributed by atoms with Crippen LogP contribution in [0.2, 0.25) is 10.0 Å². The summed E-state index contributed by atoms with van der Waals surface area (Å²) in [6.07, 6.45) is 0.560. The van der Waals surface area contributed by atoms with E-state index in [-0.39, 0.29) is 36.3 Å². The summed E-state index contributed by atoms with van der Waals surface area (Å²) in [5.74, 6) is -0.433. The highest BCUT2D eigenvalue weighted by molar-refractivity contribution is 6.42. The summed E-state index contributed by atoms with van der Waals surface area (Å²) >= 11 is 12.2. The lowest BCUT2D eigenvalue weighted by Gasteiger charge is -2.35. The highest BCUT2D eigenvalue weighted by Gasteiger charge is 2.38. The molecule has 37 heavy (non-hydrogen) atoms. The summed E-state index contributed by atoms with van der Waals surface area (Å²) in [4.78, 5) is 42.3. The Kier molecular flexibility index (Phi) is 6.72. The monoisotopic (exact) mass is 539 g/mol. The molecule has 0 spiro atoms. The Balaban J connectivity index is 1.42. The Bertz CT molecular complexity index is 1420. The Morgan fingerprint density at radius 1 is 1.11 bits per heavy atom. The normalized spacial score (nSPS) is 17.8. The predicted octanol–water partition coefficient (Wildman–Crippen LogP) is 4.95. The molecule has 3 aromatic rings. The van der Waals surface area contributed by atoms with Crippen molar-refractivity contribution in [2.24, 2.45) is 0 Å². The summed E-state index contributed by atoms with van der Waals surface area (Å²) in [7, 11) is 0. The first kappa shape index (κ1) is 25.3. The van der Waals surface area contributed by atoms with Crippen molar-refractivity contribution in [1.82, 2.24) is 19.6 Å². The molecule has 2 aliphatic heterocycles. The van der Waals surface area contributed by atoms with E-state index in [1.165, 1.54) is 6.92 Å². The molecule has 192 valence electrons. The molecule has 0 aliphatic carbocycles. The highest BCUT2D eigenvalue weighted by atomic mass is 35.5. The van der Waals surface area contributed by atoms with Gasteiger partial charge in [0, 0.05) is 42.7 Å². The maximum atomic E-state index is 13.8. The van der Waals surface area contributed by atoms with E-state index in [9.17, 15) is 14.4 Å². The molecule has 2 aromatic carbocycles. The molecule has 0 fully saturated rings. The van der Waals surface area contributed by atoms with Gasteiger partial charge >= 0.3 is 0 Å². The minimum atomic E-state index is -0.211. The van der Waals surface area contributed by atoms with Gasteiger partial charge in [0.25, 0.3) is 11.8 Å². The second kappa shape index (κ2) is 9.84. The number of carbonyl (C=O) groups is 3. The molecule has 10 heteroatoms. The lowest BCUT2D eigenvalue weighted by Crippen LogP contribution is -2.44. The van der Waals surface area contributed by atoms with Crippen LogP contribution in [-0.4, -0.2) is 49.9 Å². The van der Waals surface area contributed by atoms with Crippen LogP contribution in [0.25, 0.3) is 0 Å². The first-order valence-corrected chi connectivity index (χ1v) is 12.9. The van der Waals surface area contributed by atoms with Gasteiger partial charge in [-0.2, -0.15) is 5.10 Å². The third-order valence-corrected chi connectivity index (χ3v) is 7.82. The molecule has 3 amide bonds. The smallest absolute Gasteiger partial charge is 0.273 e. The number of nitrogens with one attached hydrogen (secondary N) is 1.